The first kappa shape index (κ1) is 14.5. The van der Waals surface area contributed by atoms with Crippen LogP contribution in [-0.2, 0) is 5.33 Å². The number of nitro benzene ring substituents is 1. The molecule has 0 atom stereocenters. The van der Waals surface area contributed by atoms with Crippen molar-refractivity contribution in [3.8, 4) is 11.5 Å². The standard InChI is InChI=1S/C14H11BrFNO3/c1-9-4-2-6-12(17(18)19)14(9)20-13-7-3-5-11(16)10(13)8-15/h2-7H,8H2,1H3. The minimum Gasteiger partial charge on any atom is -0.449 e. The fraction of sp³-hybridized carbons (Fsp3) is 0.143. The highest BCUT2D eigenvalue weighted by atomic mass is 79.9. The predicted octanol–water partition coefficient (Wildman–Crippen LogP) is 4.73. The van der Waals surface area contributed by atoms with Crippen LogP contribution in [0, 0.1) is 22.9 Å². The van der Waals surface area contributed by atoms with Crippen molar-refractivity contribution in [2.24, 2.45) is 0 Å². The van der Waals surface area contributed by atoms with E-state index in [1.165, 1.54) is 18.2 Å². The molecular weight excluding hydrogens is 329 g/mol. The Morgan fingerprint density at radius 1 is 1.30 bits per heavy atom. The second kappa shape index (κ2) is 6.00. The number of nitrogens with zero attached hydrogens (tertiary/aromatic N) is 1. The lowest BCUT2D eigenvalue weighted by atomic mass is 10.2. The van der Waals surface area contributed by atoms with Crippen LogP contribution in [0.5, 0.6) is 11.5 Å². The molecule has 0 bridgehead atoms. The van der Waals surface area contributed by atoms with Crippen molar-refractivity contribution in [2.45, 2.75) is 12.3 Å². The van der Waals surface area contributed by atoms with E-state index in [0.717, 1.165) is 0 Å². The number of hydrogen-bond acceptors (Lipinski definition) is 3. The summed E-state index contributed by atoms with van der Waals surface area (Å²) in [5.74, 6) is -0.0276. The quantitative estimate of drug-likeness (QED) is 0.459. The zero-order chi connectivity index (χ0) is 14.7. The zero-order valence-corrected chi connectivity index (χ0v) is 12.2. The molecule has 0 aliphatic carbocycles. The Hall–Kier alpha value is -1.95. The number of halogens is 2. The van der Waals surface area contributed by atoms with Gasteiger partial charge in [-0.2, -0.15) is 0 Å². The van der Waals surface area contributed by atoms with Gasteiger partial charge in [0.1, 0.15) is 11.6 Å². The van der Waals surface area contributed by atoms with Crippen molar-refractivity contribution in [3.05, 3.63) is 63.5 Å². The molecule has 0 unspecified atom stereocenters. The maximum Gasteiger partial charge on any atom is 0.311 e. The first-order valence-corrected chi connectivity index (χ1v) is 6.92. The van der Waals surface area contributed by atoms with Crippen molar-refractivity contribution in [2.75, 3.05) is 0 Å². The Morgan fingerprint density at radius 3 is 2.65 bits per heavy atom. The normalized spacial score (nSPS) is 10.3. The van der Waals surface area contributed by atoms with Crippen molar-refractivity contribution in [3.63, 3.8) is 0 Å². The van der Waals surface area contributed by atoms with Crippen LogP contribution < -0.4 is 4.74 Å². The van der Waals surface area contributed by atoms with Gasteiger partial charge < -0.3 is 4.74 Å². The van der Waals surface area contributed by atoms with E-state index in [9.17, 15) is 14.5 Å². The van der Waals surface area contributed by atoms with Crippen LogP contribution in [0.2, 0.25) is 0 Å². The lowest BCUT2D eigenvalue weighted by molar-refractivity contribution is -0.385. The smallest absolute Gasteiger partial charge is 0.311 e. The number of ether oxygens (including phenoxy) is 1. The average Bonchev–Trinajstić information content (AvgIpc) is 2.41. The van der Waals surface area contributed by atoms with E-state index >= 15 is 0 Å². The molecule has 0 heterocycles. The molecule has 0 radical (unpaired) electrons. The Morgan fingerprint density at radius 2 is 2.00 bits per heavy atom. The van der Waals surface area contributed by atoms with Gasteiger partial charge in [0.05, 0.1) is 4.92 Å². The van der Waals surface area contributed by atoms with Crippen LogP contribution in [0.25, 0.3) is 0 Å². The lowest BCUT2D eigenvalue weighted by Crippen LogP contribution is -1.98. The molecule has 20 heavy (non-hydrogen) atoms. The third kappa shape index (κ3) is 2.80. The van der Waals surface area contributed by atoms with Gasteiger partial charge in [0.25, 0.3) is 0 Å². The Balaban J connectivity index is 2.50. The molecule has 0 fully saturated rings. The van der Waals surface area contributed by atoms with Crippen LogP contribution in [0.15, 0.2) is 36.4 Å². The molecule has 2 aromatic rings. The van der Waals surface area contributed by atoms with E-state index in [1.807, 2.05) is 0 Å². The second-order valence-electron chi connectivity index (χ2n) is 4.13. The minimum absolute atomic E-state index is 0.130. The van der Waals surface area contributed by atoms with E-state index in [1.54, 1.807) is 25.1 Å². The first-order valence-electron chi connectivity index (χ1n) is 5.79. The highest BCUT2D eigenvalue weighted by Crippen LogP contribution is 2.36. The molecule has 0 aliphatic rings. The number of alkyl halides is 1. The van der Waals surface area contributed by atoms with Crippen LogP contribution in [0.1, 0.15) is 11.1 Å². The molecule has 4 nitrogen and oxygen atoms in total. The van der Waals surface area contributed by atoms with Gasteiger partial charge in [-0.15, -0.1) is 0 Å². The van der Waals surface area contributed by atoms with Gasteiger partial charge in [-0.3, -0.25) is 10.1 Å². The number of rotatable bonds is 4. The molecule has 0 aliphatic heterocycles. The van der Waals surface area contributed by atoms with E-state index in [4.69, 9.17) is 4.74 Å². The van der Waals surface area contributed by atoms with Crippen molar-refractivity contribution in [1.29, 1.82) is 0 Å². The van der Waals surface area contributed by atoms with Gasteiger partial charge in [0.2, 0.25) is 5.75 Å². The molecule has 0 amide bonds. The lowest BCUT2D eigenvalue weighted by Gasteiger charge is -2.12. The maximum atomic E-state index is 13.7. The van der Waals surface area contributed by atoms with E-state index in [2.05, 4.69) is 15.9 Å². The molecule has 0 aromatic heterocycles. The van der Waals surface area contributed by atoms with E-state index in [0.29, 0.717) is 11.1 Å². The van der Waals surface area contributed by atoms with Gasteiger partial charge in [-0.1, -0.05) is 34.1 Å². The van der Waals surface area contributed by atoms with E-state index < -0.39 is 10.7 Å². The zero-order valence-electron chi connectivity index (χ0n) is 10.6. The second-order valence-corrected chi connectivity index (χ2v) is 4.69. The summed E-state index contributed by atoms with van der Waals surface area (Å²) in [7, 11) is 0. The fourth-order valence-electron chi connectivity index (χ4n) is 1.79. The number of hydrogen-bond donors (Lipinski definition) is 0. The summed E-state index contributed by atoms with van der Waals surface area (Å²) in [4.78, 5) is 10.5. The Kier molecular flexibility index (Phi) is 4.34. The molecule has 0 N–H and O–H groups in total. The van der Waals surface area contributed by atoms with Gasteiger partial charge in [-0.25, -0.2) is 4.39 Å². The fourth-order valence-corrected chi connectivity index (χ4v) is 2.33. The summed E-state index contributed by atoms with van der Waals surface area (Å²) in [6.45, 7) is 1.70. The molecule has 2 aromatic carbocycles. The molecule has 0 saturated carbocycles. The summed E-state index contributed by atoms with van der Waals surface area (Å²) in [6.07, 6.45) is 0. The molecule has 0 saturated heterocycles. The molecule has 6 heteroatoms. The highest BCUT2D eigenvalue weighted by Gasteiger charge is 2.19. The van der Waals surface area contributed by atoms with Crippen molar-refractivity contribution in [1.82, 2.24) is 0 Å². The van der Waals surface area contributed by atoms with Crippen LogP contribution in [0.4, 0.5) is 10.1 Å². The molecule has 0 spiro atoms. The van der Waals surface area contributed by atoms with Crippen LogP contribution in [0.3, 0.4) is 0 Å². The topological polar surface area (TPSA) is 52.4 Å². The van der Waals surface area contributed by atoms with Gasteiger partial charge in [0.15, 0.2) is 0 Å². The largest absolute Gasteiger partial charge is 0.449 e. The van der Waals surface area contributed by atoms with E-state index in [-0.39, 0.29) is 22.5 Å². The molecule has 2 rings (SSSR count). The Bertz CT molecular complexity index is 661. The SMILES string of the molecule is Cc1cccc([N+](=O)[O-])c1Oc1cccc(F)c1CBr. The third-order valence-corrected chi connectivity index (χ3v) is 3.37. The average molecular weight is 340 g/mol. The minimum atomic E-state index is -0.518. The van der Waals surface area contributed by atoms with Gasteiger partial charge in [-0.05, 0) is 24.6 Å². The van der Waals surface area contributed by atoms with Crippen molar-refractivity contribution >= 4 is 21.6 Å². The Labute approximate surface area is 123 Å². The summed E-state index contributed by atoms with van der Waals surface area (Å²) in [5, 5.41) is 11.3. The summed E-state index contributed by atoms with van der Waals surface area (Å²) < 4.78 is 19.3. The number of benzene rings is 2. The monoisotopic (exact) mass is 339 g/mol. The molecular formula is C14H11BrFNO3. The van der Waals surface area contributed by atoms with Crippen LogP contribution >= 0.6 is 15.9 Å². The number of aryl methyl sites for hydroxylation is 1. The summed E-state index contributed by atoms with van der Waals surface area (Å²) >= 11 is 3.18. The first-order chi connectivity index (χ1) is 9.54. The molecule has 104 valence electrons. The summed E-state index contributed by atoms with van der Waals surface area (Å²) in [6, 6.07) is 9.04. The van der Waals surface area contributed by atoms with Crippen molar-refractivity contribution < 1.29 is 14.1 Å². The predicted molar refractivity (Wildman–Crippen MR) is 76.9 cm³/mol. The maximum absolute atomic E-state index is 13.7. The summed E-state index contributed by atoms with van der Waals surface area (Å²) in [5.41, 5.74) is 0.795. The third-order valence-electron chi connectivity index (χ3n) is 2.81. The van der Waals surface area contributed by atoms with Gasteiger partial charge in [0, 0.05) is 17.0 Å². The van der Waals surface area contributed by atoms with Gasteiger partial charge >= 0.3 is 5.69 Å². The van der Waals surface area contributed by atoms with Crippen LogP contribution in [-0.4, -0.2) is 4.92 Å². The number of para-hydroxylation sites is 1. The highest BCUT2D eigenvalue weighted by molar-refractivity contribution is 9.08. The number of nitro groups is 1.